The summed E-state index contributed by atoms with van der Waals surface area (Å²) in [4.78, 5) is 6.63. The SMILES string of the molecule is CN1CCNCC1CCNc1ccc(N)cn1. The summed E-state index contributed by atoms with van der Waals surface area (Å²) in [5.74, 6) is 0.894. The first-order valence-electron chi connectivity index (χ1n) is 6.12. The Bertz CT molecular complexity index is 337. The number of anilines is 2. The van der Waals surface area contributed by atoms with Gasteiger partial charge in [0.2, 0.25) is 0 Å². The van der Waals surface area contributed by atoms with Crippen LogP contribution in [0.1, 0.15) is 6.42 Å². The van der Waals surface area contributed by atoms with Crippen molar-refractivity contribution >= 4 is 11.5 Å². The molecular weight excluding hydrogens is 214 g/mol. The van der Waals surface area contributed by atoms with Crippen LogP contribution in [0.3, 0.4) is 0 Å². The number of piperazine rings is 1. The lowest BCUT2D eigenvalue weighted by Crippen LogP contribution is -2.49. The van der Waals surface area contributed by atoms with Crippen LogP contribution in [-0.4, -0.2) is 49.2 Å². The van der Waals surface area contributed by atoms with Gasteiger partial charge < -0.3 is 21.3 Å². The fourth-order valence-corrected chi connectivity index (χ4v) is 2.06. The Morgan fingerprint density at radius 3 is 3.18 bits per heavy atom. The predicted octanol–water partition coefficient (Wildman–Crippen LogP) is 0.369. The molecule has 0 spiro atoms. The monoisotopic (exact) mass is 235 g/mol. The Kier molecular flexibility index (Phi) is 4.17. The van der Waals surface area contributed by atoms with Gasteiger partial charge in [-0.05, 0) is 25.6 Å². The molecule has 1 aromatic rings. The summed E-state index contributed by atoms with van der Waals surface area (Å²) in [6.45, 7) is 4.24. The van der Waals surface area contributed by atoms with E-state index in [1.165, 1.54) is 0 Å². The van der Waals surface area contributed by atoms with Crippen LogP contribution in [0, 0.1) is 0 Å². The topological polar surface area (TPSA) is 66.2 Å². The number of hydrogen-bond acceptors (Lipinski definition) is 5. The van der Waals surface area contributed by atoms with E-state index in [9.17, 15) is 0 Å². The Morgan fingerprint density at radius 1 is 1.59 bits per heavy atom. The van der Waals surface area contributed by atoms with Crippen molar-refractivity contribution < 1.29 is 0 Å². The number of nitrogens with two attached hydrogens (primary N) is 1. The van der Waals surface area contributed by atoms with Crippen molar-refractivity contribution in [1.82, 2.24) is 15.2 Å². The first-order valence-corrected chi connectivity index (χ1v) is 6.12. The van der Waals surface area contributed by atoms with Gasteiger partial charge in [-0.25, -0.2) is 4.98 Å². The molecule has 5 nitrogen and oxygen atoms in total. The van der Waals surface area contributed by atoms with Gasteiger partial charge in [0, 0.05) is 32.2 Å². The van der Waals surface area contributed by atoms with Gasteiger partial charge in [-0.2, -0.15) is 0 Å². The lowest BCUT2D eigenvalue weighted by Gasteiger charge is -2.33. The van der Waals surface area contributed by atoms with Crippen molar-refractivity contribution in [2.45, 2.75) is 12.5 Å². The third-order valence-corrected chi connectivity index (χ3v) is 3.21. The smallest absolute Gasteiger partial charge is 0.126 e. The number of aromatic nitrogens is 1. The van der Waals surface area contributed by atoms with E-state index < -0.39 is 0 Å². The molecule has 5 heteroatoms. The van der Waals surface area contributed by atoms with Crippen LogP contribution in [0.5, 0.6) is 0 Å². The fourth-order valence-electron chi connectivity index (χ4n) is 2.06. The number of nitrogen functional groups attached to an aromatic ring is 1. The summed E-state index contributed by atoms with van der Waals surface area (Å²) in [6, 6.07) is 4.40. The molecular formula is C12H21N5. The minimum absolute atomic E-state index is 0.616. The predicted molar refractivity (Wildman–Crippen MR) is 71.0 cm³/mol. The molecule has 94 valence electrons. The maximum atomic E-state index is 5.59. The van der Waals surface area contributed by atoms with Gasteiger partial charge in [0.05, 0.1) is 11.9 Å². The molecule has 4 N–H and O–H groups in total. The highest BCUT2D eigenvalue weighted by Crippen LogP contribution is 2.08. The van der Waals surface area contributed by atoms with Crippen LogP contribution in [-0.2, 0) is 0 Å². The van der Waals surface area contributed by atoms with Crippen molar-refractivity contribution in [1.29, 1.82) is 0 Å². The van der Waals surface area contributed by atoms with E-state index in [1.807, 2.05) is 12.1 Å². The highest BCUT2D eigenvalue weighted by molar-refractivity contribution is 5.43. The van der Waals surface area contributed by atoms with Gasteiger partial charge in [0.1, 0.15) is 5.82 Å². The summed E-state index contributed by atoms with van der Waals surface area (Å²) in [5.41, 5.74) is 6.29. The first kappa shape index (κ1) is 12.1. The third kappa shape index (κ3) is 3.57. The second-order valence-corrected chi connectivity index (χ2v) is 4.53. The van der Waals surface area contributed by atoms with Crippen LogP contribution in [0.2, 0.25) is 0 Å². The van der Waals surface area contributed by atoms with Crippen molar-refractivity contribution in [3.8, 4) is 0 Å². The summed E-state index contributed by atoms with van der Waals surface area (Å²) >= 11 is 0. The van der Waals surface area contributed by atoms with Gasteiger partial charge >= 0.3 is 0 Å². The Hall–Kier alpha value is -1.33. The van der Waals surface area contributed by atoms with E-state index >= 15 is 0 Å². The zero-order valence-corrected chi connectivity index (χ0v) is 10.3. The zero-order valence-electron chi connectivity index (χ0n) is 10.3. The molecule has 2 heterocycles. The van der Waals surface area contributed by atoms with Crippen molar-refractivity contribution in [3.63, 3.8) is 0 Å². The molecule has 0 aliphatic carbocycles. The fraction of sp³-hybridized carbons (Fsp3) is 0.583. The zero-order chi connectivity index (χ0) is 12.1. The normalized spacial score (nSPS) is 21.4. The molecule has 1 aliphatic heterocycles. The Morgan fingerprint density at radius 2 is 2.47 bits per heavy atom. The van der Waals surface area contributed by atoms with Gasteiger partial charge in [0.15, 0.2) is 0 Å². The van der Waals surface area contributed by atoms with Crippen LogP contribution in [0.4, 0.5) is 11.5 Å². The van der Waals surface area contributed by atoms with Gasteiger partial charge in [-0.3, -0.25) is 0 Å². The maximum Gasteiger partial charge on any atom is 0.126 e. The molecule has 1 unspecified atom stereocenters. The van der Waals surface area contributed by atoms with E-state index in [1.54, 1.807) is 6.20 Å². The Balaban J connectivity index is 1.73. The number of rotatable bonds is 4. The van der Waals surface area contributed by atoms with Crippen molar-refractivity contribution in [2.24, 2.45) is 0 Å². The highest BCUT2D eigenvalue weighted by atomic mass is 15.2. The molecule has 2 rings (SSSR count). The van der Waals surface area contributed by atoms with E-state index in [4.69, 9.17) is 5.73 Å². The Labute approximate surface area is 102 Å². The van der Waals surface area contributed by atoms with Crippen molar-refractivity contribution in [3.05, 3.63) is 18.3 Å². The quantitative estimate of drug-likeness (QED) is 0.703. The third-order valence-electron chi connectivity index (χ3n) is 3.21. The molecule has 0 aromatic carbocycles. The molecule has 1 saturated heterocycles. The van der Waals surface area contributed by atoms with Crippen LogP contribution < -0.4 is 16.4 Å². The molecule has 17 heavy (non-hydrogen) atoms. The summed E-state index contributed by atoms with van der Waals surface area (Å²) in [6.07, 6.45) is 2.80. The first-order chi connectivity index (χ1) is 8.25. The number of likely N-dealkylation sites (N-methyl/N-ethyl adjacent to an activating group) is 1. The van der Waals surface area contributed by atoms with Gasteiger partial charge in [0.25, 0.3) is 0 Å². The number of pyridine rings is 1. The lowest BCUT2D eigenvalue weighted by molar-refractivity contribution is 0.194. The van der Waals surface area contributed by atoms with Gasteiger partial charge in [-0.15, -0.1) is 0 Å². The molecule has 1 fully saturated rings. The summed E-state index contributed by atoms with van der Waals surface area (Å²) in [5, 5.41) is 6.74. The minimum atomic E-state index is 0.616. The standard InChI is InChI=1S/C12H21N5/c1-17-7-6-14-9-11(17)4-5-15-12-3-2-10(13)8-16-12/h2-3,8,11,14H,4-7,9,13H2,1H3,(H,15,16). The second-order valence-electron chi connectivity index (χ2n) is 4.53. The number of nitrogens with zero attached hydrogens (tertiary/aromatic N) is 2. The number of hydrogen-bond donors (Lipinski definition) is 3. The largest absolute Gasteiger partial charge is 0.397 e. The van der Waals surface area contributed by atoms with Crippen molar-refractivity contribution in [2.75, 3.05) is 44.3 Å². The molecule has 0 radical (unpaired) electrons. The van der Waals surface area contributed by atoms with E-state index in [0.29, 0.717) is 11.7 Å². The molecule has 0 saturated carbocycles. The van der Waals surface area contributed by atoms with E-state index in [0.717, 1.165) is 38.4 Å². The second kappa shape index (κ2) is 5.84. The maximum absolute atomic E-state index is 5.59. The summed E-state index contributed by atoms with van der Waals surface area (Å²) < 4.78 is 0. The van der Waals surface area contributed by atoms with E-state index in [-0.39, 0.29) is 0 Å². The average molecular weight is 235 g/mol. The highest BCUT2D eigenvalue weighted by Gasteiger charge is 2.17. The van der Waals surface area contributed by atoms with Crippen LogP contribution in [0.25, 0.3) is 0 Å². The molecule has 1 aliphatic rings. The molecule has 1 atom stereocenters. The minimum Gasteiger partial charge on any atom is -0.397 e. The molecule has 0 amide bonds. The molecule has 0 bridgehead atoms. The number of nitrogens with one attached hydrogen (secondary N) is 2. The lowest BCUT2D eigenvalue weighted by atomic mass is 10.1. The summed E-state index contributed by atoms with van der Waals surface area (Å²) in [7, 11) is 2.19. The van der Waals surface area contributed by atoms with Crippen LogP contribution >= 0.6 is 0 Å². The van der Waals surface area contributed by atoms with Gasteiger partial charge in [-0.1, -0.05) is 0 Å². The van der Waals surface area contributed by atoms with Crippen LogP contribution in [0.15, 0.2) is 18.3 Å². The molecule has 1 aromatic heterocycles. The van der Waals surface area contributed by atoms with E-state index in [2.05, 4.69) is 27.6 Å². The average Bonchev–Trinajstić information content (AvgIpc) is 2.34.